The number of carbonyl (C=O) groups is 1. The number of imidazole rings is 1. The van der Waals surface area contributed by atoms with Crippen LogP contribution in [0.5, 0.6) is 0 Å². The van der Waals surface area contributed by atoms with Gasteiger partial charge in [-0.2, -0.15) is 5.10 Å². The summed E-state index contributed by atoms with van der Waals surface area (Å²) in [5.74, 6) is 1.15. The molecule has 0 aliphatic carbocycles. The van der Waals surface area contributed by atoms with Crippen LogP contribution in [0.25, 0.3) is 0 Å². The third-order valence-corrected chi connectivity index (χ3v) is 3.83. The fraction of sp³-hybridized carbons (Fsp3) is 0.533. The molecule has 0 saturated heterocycles. The quantitative estimate of drug-likeness (QED) is 0.922. The number of hydrogen-bond donors (Lipinski definition) is 1. The number of aryl methyl sites for hydroxylation is 1. The average Bonchev–Trinajstić information content (AvgIpc) is 3.06. The predicted octanol–water partition coefficient (Wildman–Crippen LogP) is 1.33. The maximum Gasteiger partial charge on any atom is 0.226 e. The minimum atomic E-state index is 0.0394. The van der Waals surface area contributed by atoms with E-state index in [1.807, 2.05) is 29.3 Å². The van der Waals surface area contributed by atoms with Crippen molar-refractivity contribution in [1.82, 2.24) is 24.6 Å². The van der Waals surface area contributed by atoms with E-state index in [0.717, 1.165) is 30.9 Å². The Bertz CT molecular complexity index is 628. The van der Waals surface area contributed by atoms with Crippen LogP contribution in [0.2, 0.25) is 0 Å². The molecule has 6 heteroatoms. The van der Waals surface area contributed by atoms with Crippen LogP contribution in [-0.2, 0) is 24.2 Å². The second kappa shape index (κ2) is 5.71. The monoisotopic (exact) mass is 287 g/mol. The van der Waals surface area contributed by atoms with Crippen molar-refractivity contribution in [2.24, 2.45) is 0 Å². The normalized spacial score (nSPS) is 17.8. The molecule has 0 radical (unpaired) electrons. The minimum absolute atomic E-state index is 0.0394. The van der Waals surface area contributed by atoms with Gasteiger partial charge < -0.3 is 9.88 Å². The molecule has 1 N–H and O–H groups in total. The van der Waals surface area contributed by atoms with E-state index in [1.54, 1.807) is 0 Å². The summed E-state index contributed by atoms with van der Waals surface area (Å²) in [5.41, 5.74) is 0.820. The number of hydrogen-bond acceptors (Lipinski definition) is 3. The molecule has 0 aromatic carbocycles. The van der Waals surface area contributed by atoms with Crippen molar-refractivity contribution in [2.75, 3.05) is 0 Å². The van der Waals surface area contributed by atoms with E-state index < -0.39 is 0 Å². The highest BCUT2D eigenvalue weighted by Crippen LogP contribution is 2.13. The first-order chi connectivity index (χ1) is 10.1. The fourth-order valence-corrected chi connectivity index (χ4v) is 2.69. The van der Waals surface area contributed by atoms with Gasteiger partial charge in [-0.1, -0.05) is 0 Å². The van der Waals surface area contributed by atoms with Crippen LogP contribution in [0.3, 0.4) is 0 Å². The first-order valence-corrected chi connectivity index (χ1v) is 7.45. The Labute approximate surface area is 124 Å². The summed E-state index contributed by atoms with van der Waals surface area (Å²) in [5, 5.41) is 7.51. The van der Waals surface area contributed by atoms with E-state index in [-0.39, 0.29) is 11.9 Å². The van der Waals surface area contributed by atoms with Crippen LogP contribution in [0.4, 0.5) is 0 Å². The third-order valence-electron chi connectivity index (χ3n) is 3.83. The molecule has 1 amide bonds. The molecule has 1 atom stereocenters. The molecule has 2 aromatic rings. The summed E-state index contributed by atoms with van der Waals surface area (Å²) >= 11 is 0. The fourth-order valence-electron chi connectivity index (χ4n) is 2.69. The van der Waals surface area contributed by atoms with Crippen molar-refractivity contribution >= 4 is 5.91 Å². The van der Waals surface area contributed by atoms with E-state index in [0.29, 0.717) is 12.5 Å². The Morgan fingerprint density at radius 3 is 3.10 bits per heavy atom. The van der Waals surface area contributed by atoms with E-state index in [2.05, 4.69) is 33.8 Å². The van der Waals surface area contributed by atoms with Crippen LogP contribution >= 0.6 is 0 Å². The first kappa shape index (κ1) is 13.9. The molecule has 3 rings (SSSR count). The van der Waals surface area contributed by atoms with Crippen LogP contribution in [-0.4, -0.2) is 31.3 Å². The molecule has 1 aliphatic heterocycles. The van der Waals surface area contributed by atoms with Crippen LogP contribution in [0.1, 0.15) is 37.8 Å². The van der Waals surface area contributed by atoms with Gasteiger partial charge in [0.2, 0.25) is 5.91 Å². The second-order valence-electron chi connectivity index (χ2n) is 5.86. The summed E-state index contributed by atoms with van der Waals surface area (Å²) < 4.78 is 3.99. The lowest BCUT2D eigenvalue weighted by atomic mass is 10.1. The van der Waals surface area contributed by atoms with E-state index in [9.17, 15) is 4.79 Å². The Hall–Kier alpha value is -2.11. The van der Waals surface area contributed by atoms with Crippen molar-refractivity contribution in [3.05, 3.63) is 36.2 Å². The number of rotatable bonds is 4. The molecule has 6 nitrogen and oxygen atoms in total. The Kier molecular flexibility index (Phi) is 3.77. The summed E-state index contributed by atoms with van der Waals surface area (Å²) in [6, 6.07) is 2.42. The number of nitrogens with zero attached hydrogens (tertiary/aromatic N) is 4. The molecule has 2 aromatic heterocycles. The molecule has 0 fully saturated rings. The molecule has 0 spiro atoms. The van der Waals surface area contributed by atoms with Gasteiger partial charge in [0, 0.05) is 43.6 Å². The zero-order valence-electron chi connectivity index (χ0n) is 12.5. The molecule has 0 bridgehead atoms. The zero-order valence-corrected chi connectivity index (χ0v) is 12.5. The number of amides is 1. The molecule has 3 heterocycles. The van der Waals surface area contributed by atoms with E-state index in [1.165, 1.54) is 0 Å². The lowest BCUT2D eigenvalue weighted by Crippen LogP contribution is -2.41. The number of nitrogens with one attached hydrogen (secondary N) is 1. The van der Waals surface area contributed by atoms with Crippen molar-refractivity contribution in [1.29, 1.82) is 0 Å². The van der Waals surface area contributed by atoms with Crippen molar-refractivity contribution in [3.63, 3.8) is 0 Å². The Morgan fingerprint density at radius 2 is 2.33 bits per heavy atom. The molecule has 1 aliphatic rings. The predicted molar refractivity (Wildman–Crippen MR) is 78.8 cm³/mol. The SMILES string of the molecule is CC(C)n1ccc(CC(=O)N[C@H]2CCc3nccn3C2)n1. The lowest BCUT2D eigenvalue weighted by Gasteiger charge is -2.24. The summed E-state index contributed by atoms with van der Waals surface area (Å²) in [4.78, 5) is 16.4. The van der Waals surface area contributed by atoms with Crippen molar-refractivity contribution in [2.45, 2.75) is 51.7 Å². The van der Waals surface area contributed by atoms with Gasteiger partial charge in [0.05, 0.1) is 12.1 Å². The lowest BCUT2D eigenvalue weighted by molar-refractivity contribution is -0.121. The second-order valence-corrected chi connectivity index (χ2v) is 5.86. The highest BCUT2D eigenvalue weighted by atomic mass is 16.1. The van der Waals surface area contributed by atoms with E-state index in [4.69, 9.17) is 0 Å². The van der Waals surface area contributed by atoms with Crippen molar-refractivity contribution < 1.29 is 4.79 Å². The van der Waals surface area contributed by atoms with Crippen molar-refractivity contribution in [3.8, 4) is 0 Å². The highest BCUT2D eigenvalue weighted by molar-refractivity contribution is 5.78. The zero-order chi connectivity index (χ0) is 14.8. The van der Waals surface area contributed by atoms with E-state index >= 15 is 0 Å². The standard InChI is InChI=1S/C15H21N5O/c1-11(2)20-7-5-12(18-20)9-15(21)17-13-3-4-14-16-6-8-19(14)10-13/h5-8,11,13H,3-4,9-10H2,1-2H3,(H,17,21)/t13-/m0/s1. The largest absolute Gasteiger partial charge is 0.351 e. The number of fused-ring (bicyclic) bond motifs is 1. The van der Waals surface area contributed by atoms with Gasteiger partial charge >= 0.3 is 0 Å². The molecule has 0 saturated carbocycles. The average molecular weight is 287 g/mol. The number of aromatic nitrogens is 4. The van der Waals surface area contributed by atoms with Crippen LogP contribution in [0, 0.1) is 0 Å². The molecular formula is C15H21N5O. The topological polar surface area (TPSA) is 64.7 Å². The Morgan fingerprint density at radius 1 is 1.48 bits per heavy atom. The summed E-state index contributed by atoms with van der Waals surface area (Å²) in [7, 11) is 0. The van der Waals surface area contributed by atoms with Gasteiger partial charge in [-0.15, -0.1) is 0 Å². The van der Waals surface area contributed by atoms with Crippen LogP contribution < -0.4 is 5.32 Å². The molecule has 0 unspecified atom stereocenters. The number of carbonyl (C=O) groups excluding carboxylic acids is 1. The molecular weight excluding hydrogens is 266 g/mol. The van der Waals surface area contributed by atoms with Gasteiger partial charge in [-0.05, 0) is 26.3 Å². The molecule has 112 valence electrons. The minimum Gasteiger partial charge on any atom is -0.351 e. The van der Waals surface area contributed by atoms with Gasteiger partial charge in [0.25, 0.3) is 0 Å². The van der Waals surface area contributed by atoms with Gasteiger partial charge in [0.15, 0.2) is 0 Å². The first-order valence-electron chi connectivity index (χ1n) is 7.45. The summed E-state index contributed by atoms with van der Waals surface area (Å²) in [6.45, 7) is 4.95. The third kappa shape index (κ3) is 3.15. The Balaban J connectivity index is 1.55. The smallest absolute Gasteiger partial charge is 0.226 e. The maximum absolute atomic E-state index is 12.1. The van der Waals surface area contributed by atoms with Gasteiger partial charge in [-0.25, -0.2) is 4.98 Å². The maximum atomic E-state index is 12.1. The van der Waals surface area contributed by atoms with Crippen LogP contribution in [0.15, 0.2) is 24.7 Å². The van der Waals surface area contributed by atoms with Gasteiger partial charge in [0.1, 0.15) is 5.82 Å². The summed E-state index contributed by atoms with van der Waals surface area (Å²) in [6.07, 6.45) is 7.91. The molecule has 21 heavy (non-hydrogen) atoms. The van der Waals surface area contributed by atoms with Gasteiger partial charge in [-0.3, -0.25) is 9.48 Å². The highest BCUT2D eigenvalue weighted by Gasteiger charge is 2.20.